The molecule has 0 atom stereocenters. The summed E-state index contributed by atoms with van der Waals surface area (Å²) in [4.78, 5) is 13.3. The van der Waals surface area contributed by atoms with Gasteiger partial charge in [-0.25, -0.2) is 9.36 Å². The number of carbonyl (C=O) groups excluding carboxylic acids is 1. The summed E-state index contributed by atoms with van der Waals surface area (Å²) in [6.07, 6.45) is 13.6. The van der Waals surface area contributed by atoms with Crippen LogP contribution in [-0.4, -0.2) is 16.3 Å². The molecule has 0 radical (unpaired) electrons. The van der Waals surface area contributed by atoms with E-state index >= 15 is 0 Å². The molecule has 0 aliphatic heterocycles. The van der Waals surface area contributed by atoms with Gasteiger partial charge in [-0.1, -0.05) is 96.6 Å². The van der Waals surface area contributed by atoms with Crippen LogP contribution in [0.25, 0.3) is 21.8 Å². The van der Waals surface area contributed by atoms with Crippen molar-refractivity contribution in [2.24, 2.45) is 0 Å². The van der Waals surface area contributed by atoms with Crippen molar-refractivity contribution in [3.63, 3.8) is 0 Å². The van der Waals surface area contributed by atoms with Gasteiger partial charge in [-0.2, -0.15) is 0 Å². The summed E-state index contributed by atoms with van der Waals surface area (Å²) in [5.74, 6) is 0. The maximum Gasteiger partial charge on any atom is 0.419 e. The van der Waals surface area contributed by atoms with Crippen LogP contribution in [0.4, 0.5) is 4.79 Å². The van der Waals surface area contributed by atoms with Crippen molar-refractivity contribution in [2.45, 2.75) is 97.0 Å². The van der Waals surface area contributed by atoms with Crippen molar-refractivity contribution < 1.29 is 9.53 Å². The first kappa shape index (κ1) is 26.3. The Morgan fingerprint density at radius 3 is 1.73 bits per heavy atom. The highest BCUT2D eigenvalue weighted by atomic mass is 79.9. The molecule has 1 heterocycles. The normalized spacial score (nSPS) is 12.0. The van der Waals surface area contributed by atoms with E-state index in [1.807, 2.05) is 38.1 Å². The molecule has 0 unspecified atom stereocenters. The topological polar surface area (TPSA) is 31.2 Å². The number of unbranched alkanes of at least 4 members (excludes halogenated alkanes) is 9. The highest BCUT2D eigenvalue weighted by Crippen LogP contribution is 2.34. The van der Waals surface area contributed by atoms with Crippen molar-refractivity contribution in [3.05, 3.63) is 45.3 Å². The van der Waals surface area contributed by atoms with Gasteiger partial charge in [0.05, 0.1) is 11.0 Å². The Morgan fingerprint density at radius 2 is 1.24 bits per heavy atom. The number of nitrogens with zero attached hydrogens (tertiary/aromatic N) is 1. The van der Waals surface area contributed by atoms with Gasteiger partial charge in [-0.3, -0.25) is 0 Å². The van der Waals surface area contributed by atoms with Crippen molar-refractivity contribution >= 4 is 59.8 Å². The largest absolute Gasteiger partial charge is 0.443 e. The van der Waals surface area contributed by atoms with Crippen LogP contribution in [0, 0.1) is 0 Å². The second-order valence-corrected chi connectivity index (χ2v) is 11.5. The van der Waals surface area contributed by atoms with Crippen molar-refractivity contribution in [2.75, 3.05) is 0 Å². The maximum atomic E-state index is 13.3. The van der Waals surface area contributed by atoms with Crippen LogP contribution in [0.15, 0.2) is 45.3 Å². The van der Waals surface area contributed by atoms with Gasteiger partial charge < -0.3 is 4.74 Å². The van der Waals surface area contributed by atoms with Gasteiger partial charge in [0.25, 0.3) is 0 Å². The fraction of sp³-hybridized carbons (Fsp3) is 0.536. The average Bonchev–Trinajstić information content (AvgIpc) is 3.07. The molecule has 1 aromatic heterocycles. The molecule has 0 aliphatic rings. The minimum atomic E-state index is -0.495. The molecule has 0 amide bonds. The smallest absolute Gasteiger partial charge is 0.419 e. The Bertz CT molecular complexity index is 1010. The molecule has 2 aromatic carbocycles. The van der Waals surface area contributed by atoms with E-state index in [2.05, 4.69) is 50.9 Å². The molecule has 0 saturated heterocycles. The van der Waals surface area contributed by atoms with Crippen LogP contribution in [0.3, 0.4) is 0 Å². The molecule has 3 nitrogen and oxygen atoms in total. The molecule has 0 aliphatic carbocycles. The van der Waals surface area contributed by atoms with E-state index < -0.39 is 5.60 Å². The SMILES string of the molecule is CCCCCCCCCCCCC(C)(C)OC(=O)n1c2ccc(Br)cc2c2cc(Br)ccc21. The quantitative estimate of drug-likeness (QED) is 0.200. The number of hydrogen-bond donors (Lipinski definition) is 0. The zero-order valence-electron chi connectivity index (χ0n) is 20.3. The lowest BCUT2D eigenvalue weighted by atomic mass is 9.99. The molecule has 0 fully saturated rings. The Hall–Kier alpha value is -1.33. The number of halogens is 2. The molecular weight excluding hydrogens is 542 g/mol. The van der Waals surface area contributed by atoms with Gasteiger partial charge in [0.2, 0.25) is 0 Å². The Kier molecular flexibility index (Phi) is 9.87. The van der Waals surface area contributed by atoms with E-state index in [1.165, 1.54) is 57.8 Å². The van der Waals surface area contributed by atoms with Gasteiger partial charge in [0.1, 0.15) is 5.60 Å². The van der Waals surface area contributed by atoms with Crippen LogP contribution in [0.1, 0.15) is 91.4 Å². The van der Waals surface area contributed by atoms with Crippen molar-refractivity contribution in [1.82, 2.24) is 4.57 Å². The average molecular weight is 579 g/mol. The molecule has 5 heteroatoms. The zero-order chi connectivity index (χ0) is 23.8. The molecule has 0 N–H and O–H groups in total. The minimum absolute atomic E-state index is 0.309. The Labute approximate surface area is 215 Å². The summed E-state index contributed by atoms with van der Waals surface area (Å²) in [5.41, 5.74) is 1.24. The third-order valence-corrected chi connectivity index (χ3v) is 7.35. The highest BCUT2D eigenvalue weighted by Gasteiger charge is 2.26. The van der Waals surface area contributed by atoms with Gasteiger partial charge in [0.15, 0.2) is 0 Å². The number of aromatic nitrogens is 1. The van der Waals surface area contributed by atoms with Crippen LogP contribution in [0.5, 0.6) is 0 Å². The van der Waals surface area contributed by atoms with Crippen molar-refractivity contribution in [3.8, 4) is 0 Å². The first-order chi connectivity index (χ1) is 15.8. The summed E-state index contributed by atoms with van der Waals surface area (Å²) in [5, 5.41) is 2.07. The third kappa shape index (κ3) is 7.32. The first-order valence-corrected chi connectivity index (χ1v) is 14.0. The second-order valence-electron chi connectivity index (χ2n) is 9.72. The summed E-state index contributed by atoms with van der Waals surface area (Å²) >= 11 is 7.12. The number of carbonyl (C=O) groups is 1. The van der Waals surface area contributed by atoms with Gasteiger partial charge in [-0.05, 0) is 63.1 Å². The van der Waals surface area contributed by atoms with E-state index in [0.29, 0.717) is 0 Å². The minimum Gasteiger partial charge on any atom is -0.443 e. The summed E-state index contributed by atoms with van der Waals surface area (Å²) in [6.45, 7) is 6.32. The monoisotopic (exact) mass is 577 g/mol. The number of hydrogen-bond acceptors (Lipinski definition) is 2. The van der Waals surface area contributed by atoms with Crippen LogP contribution >= 0.6 is 31.9 Å². The Morgan fingerprint density at radius 1 is 0.788 bits per heavy atom. The standard InChI is InChI=1S/C28H37Br2NO2/c1-4-5-6-7-8-9-10-11-12-13-18-28(2,3)33-27(32)31-25-16-14-21(29)19-23(25)24-20-22(30)15-17-26(24)31/h14-17,19-20H,4-13,18H2,1-3H3. The van der Waals surface area contributed by atoms with Crippen LogP contribution in [0.2, 0.25) is 0 Å². The van der Waals surface area contributed by atoms with Crippen molar-refractivity contribution in [1.29, 1.82) is 0 Å². The maximum absolute atomic E-state index is 13.3. The number of fused-ring (bicyclic) bond motifs is 3. The van der Waals surface area contributed by atoms with Gasteiger partial charge >= 0.3 is 6.09 Å². The van der Waals surface area contributed by atoms with E-state index in [-0.39, 0.29) is 6.09 Å². The fourth-order valence-corrected chi connectivity index (χ4v) is 5.26. The lowest BCUT2D eigenvalue weighted by Crippen LogP contribution is -2.30. The van der Waals surface area contributed by atoms with Gasteiger partial charge in [0, 0.05) is 19.7 Å². The molecular formula is C28H37Br2NO2. The summed E-state index contributed by atoms with van der Waals surface area (Å²) in [6, 6.07) is 12.0. The second kappa shape index (κ2) is 12.4. The molecule has 3 rings (SSSR count). The summed E-state index contributed by atoms with van der Waals surface area (Å²) in [7, 11) is 0. The molecule has 0 spiro atoms. The first-order valence-electron chi connectivity index (χ1n) is 12.4. The Balaban J connectivity index is 1.57. The lowest BCUT2D eigenvalue weighted by Gasteiger charge is -2.25. The lowest BCUT2D eigenvalue weighted by molar-refractivity contribution is 0.0329. The van der Waals surface area contributed by atoms with Crippen LogP contribution < -0.4 is 0 Å². The highest BCUT2D eigenvalue weighted by molar-refractivity contribution is 9.10. The predicted molar refractivity (Wildman–Crippen MR) is 147 cm³/mol. The van der Waals surface area contributed by atoms with E-state index in [9.17, 15) is 4.79 Å². The van der Waals surface area contributed by atoms with E-state index in [1.54, 1.807) is 4.57 Å². The molecule has 0 bridgehead atoms. The zero-order valence-corrected chi connectivity index (χ0v) is 23.4. The number of ether oxygens (including phenoxy) is 1. The number of benzene rings is 2. The van der Waals surface area contributed by atoms with Gasteiger partial charge in [-0.15, -0.1) is 0 Å². The predicted octanol–water partition coefficient (Wildman–Crippen LogP) is 10.4. The molecule has 3 aromatic rings. The molecule has 0 saturated carbocycles. The van der Waals surface area contributed by atoms with E-state index in [4.69, 9.17) is 4.74 Å². The molecule has 180 valence electrons. The fourth-order valence-electron chi connectivity index (χ4n) is 4.54. The third-order valence-electron chi connectivity index (χ3n) is 6.37. The van der Waals surface area contributed by atoms with Crippen LogP contribution in [-0.2, 0) is 4.74 Å². The molecule has 33 heavy (non-hydrogen) atoms. The van der Waals surface area contributed by atoms with E-state index in [0.717, 1.165) is 43.6 Å². The summed E-state index contributed by atoms with van der Waals surface area (Å²) < 4.78 is 9.73. The number of rotatable bonds is 12.